The number of ether oxygens (including phenoxy) is 1. The molecule has 0 unspecified atom stereocenters. The summed E-state index contributed by atoms with van der Waals surface area (Å²) in [6.45, 7) is 7.87. The lowest BCUT2D eigenvalue weighted by molar-refractivity contribution is -0.00384. The molecule has 1 aliphatic carbocycles. The van der Waals surface area contributed by atoms with Crippen molar-refractivity contribution in [1.29, 1.82) is 5.26 Å². The number of hydrogen-bond acceptors (Lipinski definition) is 5. The van der Waals surface area contributed by atoms with Gasteiger partial charge in [-0.15, -0.1) is 0 Å². The first kappa shape index (κ1) is 12.2. The summed E-state index contributed by atoms with van der Waals surface area (Å²) >= 11 is 0. The topological polar surface area (TPSA) is 42.7 Å². The molecule has 18 heavy (non-hydrogen) atoms. The maximum atomic E-state index is 8.91. The van der Waals surface area contributed by atoms with Crippen molar-refractivity contribution in [3.05, 3.63) is 0 Å². The lowest BCUT2D eigenvalue weighted by Gasteiger charge is -2.43. The highest BCUT2D eigenvalue weighted by Gasteiger charge is 2.52. The zero-order valence-electron chi connectivity index (χ0n) is 11.0. The molecule has 3 fully saturated rings. The molecule has 5 nitrogen and oxygen atoms in total. The van der Waals surface area contributed by atoms with Crippen LogP contribution < -0.4 is 0 Å². The maximum Gasteiger partial charge on any atom is 0.179 e. The second-order valence-electron chi connectivity index (χ2n) is 5.51. The van der Waals surface area contributed by atoms with Crippen molar-refractivity contribution < 1.29 is 4.74 Å². The number of nitriles is 1. The average molecular weight is 250 g/mol. The van der Waals surface area contributed by atoms with Gasteiger partial charge in [0.25, 0.3) is 0 Å². The fourth-order valence-corrected chi connectivity index (χ4v) is 3.33. The molecule has 2 saturated heterocycles. The second kappa shape index (κ2) is 5.04. The van der Waals surface area contributed by atoms with Crippen LogP contribution >= 0.6 is 0 Å². The Kier molecular flexibility index (Phi) is 3.42. The van der Waals surface area contributed by atoms with E-state index in [9.17, 15) is 0 Å². The highest BCUT2D eigenvalue weighted by Crippen LogP contribution is 2.45. The predicted molar refractivity (Wildman–Crippen MR) is 67.7 cm³/mol. The van der Waals surface area contributed by atoms with Crippen molar-refractivity contribution in [1.82, 2.24) is 14.7 Å². The first-order chi connectivity index (χ1) is 8.85. The summed E-state index contributed by atoms with van der Waals surface area (Å²) in [5, 5.41) is 8.91. The predicted octanol–water partition coefficient (Wildman–Crippen LogP) is 0.297. The summed E-state index contributed by atoms with van der Waals surface area (Å²) in [5.74, 6) is 0. The van der Waals surface area contributed by atoms with Crippen LogP contribution in [0.15, 0.2) is 0 Å². The molecular formula is C13H22N4O. The van der Waals surface area contributed by atoms with Crippen molar-refractivity contribution >= 4 is 0 Å². The van der Waals surface area contributed by atoms with E-state index in [1.54, 1.807) is 0 Å². The summed E-state index contributed by atoms with van der Waals surface area (Å²) < 4.78 is 5.56. The van der Waals surface area contributed by atoms with Crippen molar-refractivity contribution in [2.45, 2.75) is 24.9 Å². The van der Waals surface area contributed by atoms with Gasteiger partial charge in [0.1, 0.15) is 0 Å². The van der Waals surface area contributed by atoms with E-state index in [0.717, 1.165) is 52.4 Å². The van der Waals surface area contributed by atoms with Crippen LogP contribution in [0.1, 0.15) is 19.3 Å². The minimum absolute atomic E-state index is 0.315. The van der Waals surface area contributed by atoms with Crippen molar-refractivity contribution in [2.24, 2.45) is 0 Å². The Morgan fingerprint density at radius 3 is 2.28 bits per heavy atom. The first-order valence-corrected chi connectivity index (χ1v) is 7.08. The molecule has 2 heterocycles. The van der Waals surface area contributed by atoms with Gasteiger partial charge in [-0.1, -0.05) is 0 Å². The molecule has 0 bridgehead atoms. The van der Waals surface area contributed by atoms with E-state index in [0.29, 0.717) is 5.66 Å². The normalized spacial score (nSPS) is 29.6. The summed E-state index contributed by atoms with van der Waals surface area (Å²) in [5.41, 5.74) is 0.315. The third-order valence-electron chi connectivity index (χ3n) is 4.52. The fraction of sp³-hybridized carbons (Fsp3) is 0.923. The molecule has 0 aromatic rings. The van der Waals surface area contributed by atoms with Crippen molar-refractivity contribution in [3.8, 4) is 6.19 Å². The largest absolute Gasteiger partial charge is 0.380 e. The summed E-state index contributed by atoms with van der Waals surface area (Å²) in [4.78, 5) is 7.10. The van der Waals surface area contributed by atoms with Crippen LogP contribution in [0.25, 0.3) is 0 Å². The number of hydrogen-bond donors (Lipinski definition) is 0. The molecule has 3 rings (SSSR count). The second-order valence-corrected chi connectivity index (χ2v) is 5.51. The Morgan fingerprint density at radius 2 is 1.61 bits per heavy atom. The Hall–Kier alpha value is -0.830. The molecule has 0 aromatic carbocycles. The third kappa shape index (κ3) is 2.20. The van der Waals surface area contributed by atoms with Crippen LogP contribution in [0.2, 0.25) is 0 Å². The summed E-state index contributed by atoms with van der Waals surface area (Å²) in [6.07, 6.45) is 5.99. The van der Waals surface area contributed by atoms with Crippen LogP contribution in [-0.2, 0) is 4.74 Å². The number of piperazine rings is 1. The van der Waals surface area contributed by atoms with Gasteiger partial charge in [0.05, 0.1) is 12.3 Å². The Bertz CT molecular complexity index is 320. The standard InChI is InChI=1S/C13H22N4O/c14-12-15-5-7-17(8-6-15)13(2-3-13)16-4-1-10-18-11-9-16/h1-11H2. The number of rotatable bonds is 2. The Balaban J connectivity index is 1.62. The van der Waals surface area contributed by atoms with E-state index in [1.165, 1.54) is 19.4 Å². The molecule has 100 valence electrons. The van der Waals surface area contributed by atoms with E-state index in [-0.39, 0.29) is 0 Å². The molecule has 3 aliphatic rings. The molecule has 1 saturated carbocycles. The zero-order chi connectivity index (χ0) is 12.4. The van der Waals surface area contributed by atoms with Gasteiger partial charge < -0.3 is 9.64 Å². The highest BCUT2D eigenvalue weighted by atomic mass is 16.5. The fourth-order valence-electron chi connectivity index (χ4n) is 3.33. The molecule has 0 aromatic heterocycles. The molecule has 0 spiro atoms. The van der Waals surface area contributed by atoms with Crippen LogP contribution in [0.5, 0.6) is 0 Å². The zero-order valence-corrected chi connectivity index (χ0v) is 11.0. The van der Waals surface area contributed by atoms with Crippen LogP contribution in [0.4, 0.5) is 0 Å². The van der Waals surface area contributed by atoms with Gasteiger partial charge in [-0.3, -0.25) is 9.80 Å². The monoisotopic (exact) mass is 250 g/mol. The highest BCUT2D eigenvalue weighted by molar-refractivity contribution is 5.05. The molecule has 2 aliphatic heterocycles. The van der Waals surface area contributed by atoms with Gasteiger partial charge in [0, 0.05) is 45.9 Å². The molecule has 0 atom stereocenters. The lowest BCUT2D eigenvalue weighted by Crippen LogP contribution is -2.57. The van der Waals surface area contributed by atoms with Gasteiger partial charge in [0.2, 0.25) is 0 Å². The Morgan fingerprint density at radius 1 is 0.889 bits per heavy atom. The maximum absolute atomic E-state index is 8.91. The van der Waals surface area contributed by atoms with Gasteiger partial charge in [-0.05, 0) is 19.3 Å². The van der Waals surface area contributed by atoms with E-state index in [1.807, 2.05) is 4.90 Å². The van der Waals surface area contributed by atoms with E-state index in [2.05, 4.69) is 16.0 Å². The number of nitrogens with zero attached hydrogens (tertiary/aromatic N) is 4. The van der Waals surface area contributed by atoms with Gasteiger partial charge in [-0.2, -0.15) is 5.26 Å². The van der Waals surface area contributed by atoms with Crippen LogP contribution in [-0.4, -0.2) is 72.8 Å². The first-order valence-electron chi connectivity index (χ1n) is 7.08. The summed E-state index contributed by atoms with van der Waals surface area (Å²) in [6, 6.07) is 0. The van der Waals surface area contributed by atoms with Gasteiger partial charge in [0.15, 0.2) is 6.19 Å². The minimum Gasteiger partial charge on any atom is -0.380 e. The molecule has 0 N–H and O–H groups in total. The lowest BCUT2D eigenvalue weighted by atomic mass is 10.2. The quantitative estimate of drug-likeness (QED) is 0.659. The molecule has 0 radical (unpaired) electrons. The van der Waals surface area contributed by atoms with E-state index < -0.39 is 0 Å². The average Bonchev–Trinajstić information content (AvgIpc) is 3.23. The van der Waals surface area contributed by atoms with Crippen LogP contribution in [0, 0.1) is 11.5 Å². The molecule has 0 amide bonds. The van der Waals surface area contributed by atoms with Crippen molar-refractivity contribution in [3.63, 3.8) is 0 Å². The summed E-state index contributed by atoms with van der Waals surface area (Å²) in [7, 11) is 0. The third-order valence-corrected chi connectivity index (χ3v) is 4.52. The smallest absolute Gasteiger partial charge is 0.179 e. The van der Waals surface area contributed by atoms with Gasteiger partial charge in [-0.25, -0.2) is 0 Å². The molecular weight excluding hydrogens is 228 g/mol. The minimum atomic E-state index is 0.315. The van der Waals surface area contributed by atoms with Crippen LogP contribution in [0.3, 0.4) is 0 Å². The SMILES string of the molecule is N#CN1CCN(C2(N3CCCOCC3)CC2)CC1. The molecule has 5 heteroatoms. The van der Waals surface area contributed by atoms with Gasteiger partial charge >= 0.3 is 0 Å². The van der Waals surface area contributed by atoms with E-state index >= 15 is 0 Å². The van der Waals surface area contributed by atoms with E-state index in [4.69, 9.17) is 10.00 Å². The van der Waals surface area contributed by atoms with Crippen molar-refractivity contribution in [2.75, 3.05) is 52.5 Å². The Labute approximate surface area is 109 Å².